The Bertz CT molecular complexity index is 847. The second kappa shape index (κ2) is 9.29. The molecule has 3 rings (SSSR count). The predicted octanol–water partition coefficient (Wildman–Crippen LogP) is 4.32. The second-order valence-corrected chi connectivity index (χ2v) is 5.93. The van der Waals surface area contributed by atoms with E-state index < -0.39 is 0 Å². The van der Waals surface area contributed by atoms with Crippen LogP contribution in [-0.2, 0) is 11.4 Å². The Morgan fingerprint density at radius 1 is 0.815 bits per heavy atom. The number of carbonyl (C=O) groups excluding carboxylic acids is 1. The third-order valence-electron chi connectivity index (χ3n) is 3.93. The minimum absolute atomic E-state index is 0.122. The number of amides is 1. The number of nitrogens with one attached hydrogen (secondary N) is 2. The van der Waals surface area contributed by atoms with Crippen LogP contribution in [0.4, 0.5) is 11.4 Å². The van der Waals surface area contributed by atoms with Gasteiger partial charge >= 0.3 is 0 Å². The molecule has 0 saturated heterocycles. The molecule has 0 aliphatic carbocycles. The van der Waals surface area contributed by atoms with Gasteiger partial charge in [0.15, 0.2) is 0 Å². The molecule has 0 spiro atoms. The molecule has 2 N–H and O–H groups in total. The van der Waals surface area contributed by atoms with Gasteiger partial charge < -0.3 is 20.1 Å². The summed E-state index contributed by atoms with van der Waals surface area (Å²) in [5.41, 5.74) is 2.69. The fourth-order valence-corrected chi connectivity index (χ4v) is 2.47. The van der Waals surface area contributed by atoms with E-state index in [1.807, 2.05) is 78.9 Å². The van der Waals surface area contributed by atoms with Crippen molar-refractivity contribution in [3.63, 3.8) is 0 Å². The lowest BCUT2D eigenvalue weighted by Gasteiger charge is -2.10. The number of carbonyl (C=O) groups is 1. The maximum absolute atomic E-state index is 12.1. The molecule has 0 aliphatic rings. The molecule has 3 aromatic rings. The summed E-state index contributed by atoms with van der Waals surface area (Å²) in [6.45, 7) is 0.691. The lowest BCUT2D eigenvalue weighted by molar-refractivity contribution is -0.114. The number of rotatable bonds is 8. The number of anilines is 2. The van der Waals surface area contributed by atoms with Gasteiger partial charge in [-0.15, -0.1) is 0 Å². The maximum atomic E-state index is 12.1. The van der Waals surface area contributed by atoms with Crippen LogP contribution in [0.2, 0.25) is 0 Å². The zero-order valence-electron chi connectivity index (χ0n) is 15.1. The SMILES string of the molecule is COc1ccc(NCC(=O)Nc2ccc(OCc3ccccc3)cc2)cc1. The summed E-state index contributed by atoms with van der Waals surface area (Å²) in [7, 11) is 1.62. The average molecular weight is 362 g/mol. The van der Waals surface area contributed by atoms with Crippen LogP contribution in [0, 0.1) is 0 Å². The van der Waals surface area contributed by atoms with Crippen LogP contribution in [-0.4, -0.2) is 19.6 Å². The molecule has 1 amide bonds. The monoisotopic (exact) mass is 362 g/mol. The van der Waals surface area contributed by atoms with E-state index in [-0.39, 0.29) is 12.5 Å². The number of hydrogen-bond acceptors (Lipinski definition) is 4. The number of methoxy groups -OCH3 is 1. The highest BCUT2D eigenvalue weighted by atomic mass is 16.5. The van der Waals surface area contributed by atoms with Crippen molar-refractivity contribution in [2.75, 3.05) is 24.3 Å². The van der Waals surface area contributed by atoms with E-state index in [1.165, 1.54) is 0 Å². The molecule has 0 saturated carbocycles. The molecule has 0 unspecified atom stereocenters. The third kappa shape index (κ3) is 5.78. The molecule has 3 aromatic carbocycles. The van der Waals surface area contributed by atoms with Crippen molar-refractivity contribution in [3.8, 4) is 11.5 Å². The Morgan fingerprint density at radius 3 is 2.11 bits per heavy atom. The van der Waals surface area contributed by atoms with Gasteiger partial charge in [0, 0.05) is 11.4 Å². The lowest BCUT2D eigenvalue weighted by atomic mass is 10.2. The van der Waals surface area contributed by atoms with E-state index in [9.17, 15) is 4.79 Å². The molecule has 0 fully saturated rings. The topological polar surface area (TPSA) is 59.6 Å². The van der Waals surface area contributed by atoms with E-state index in [2.05, 4.69) is 10.6 Å². The van der Waals surface area contributed by atoms with Gasteiger partial charge in [-0.2, -0.15) is 0 Å². The fraction of sp³-hybridized carbons (Fsp3) is 0.136. The molecular formula is C22H22N2O3. The van der Waals surface area contributed by atoms with Crippen molar-refractivity contribution in [1.82, 2.24) is 0 Å². The molecule has 5 nitrogen and oxygen atoms in total. The van der Waals surface area contributed by atoms with Gasteiger partial charge in [-0.25, -0.2) is 0 Å². The highest BCUT2D eigenvalue weighted by molar-refractivity contribution is 5.93. The molecule has 0 heterocycles. The zero-order chi connectivity index (χ0) is 18.9. The summed E-state index contributed by atoms with van der Waals surface area (Å²) >= 11 is 0. The van der Waals surface area contributed by atoms with Crippen LogP contribution < -0.4 is 20.1 Å². The highest BCUT2D eigenvalue weighted by Crippen LogP contribution is 2.18. The Hall–Kier alpha value is -3.47. The number of benzene rings is 3. The summed E-state index contributed by atoms with van der Waals surface area (Å²) < 4.78 is 10.8. The van der Waals surface area contributed by atoms with E-state index in [0.29, 0.717) is 6.61 Å². The predicted molar refractivity (Wildman–Crippen MR) is 107 cm³/mol. The first-order valence-corrected chi connectivity index (χ1v) is 8.67. The van der Waals surface area contributed by atoms with Gasteiger partial charge in [0.05, 0.1) is 13.7 Å². The first-order chi connectivity index (χ1) is 13.2. The summed E-state index contributed by atoms with van der Waals surface area (Å²) in [5.74, 6) is 1.41. The molecule has 0 atom stereocenters. The molecular weight excluding hydrogens is 340 g/mol. The quantitative estimate of drug-likeness (QED) is 0.626. The summed E-state index contributed by atoms with van der Waals surface area (Å²) in [5, 5.41) is 5.93. The highest BCUT2D eigenvalue weighted by Gasteiger charge is 2.03. The van der Waals surface area contributed by atoms with E-state index in [4.69, 9.17) is 9.47 Å². The van der Waals surface area contributed by atoms with Crippen LogP contribution >= 0.6 is 0 Å². The van der Waals surface area contributed by atoms with Crippen LogP contribution in [0.25, 0.3) is 0 Å². The first kappa shape index (κ1) is 18.3. The van der Waals surface area contributed by atoms with Gasteiger partial charge in [-0.3, -0.25) is 4.79 Å². The fourth-order valence-electron chi connectivity index (χ4n) is 2.47. The Morgan fingerprint density at radius 2 is 1.44 bits per heavy atom. The van der Waals surface area contributed by atoms with Crippen molar-refractivity contribution in [2.45, 2.75) is 6.61 Å². The van der Waals surface area contributed by atoms with Gasteiger partial charge in [0.2, 0.25) is 5.91 Å². The van der Waals surface area contributed by atoms with E-state index in [1.54, 1.807) is 7.11 Å². The minimum atomic E-state index is -0.122. The maximum Gasteiger partial charge on any atom is 0.243 e. The number of hydrogen-bond donors (Lipinski definition) is 2. The first-order valence-electron chi connectivity index (χ1n) is 8.67. The molecule has 138 valence electrons. The van der Waals surface area contributed by atoms with Crippen LogP contribution in [0.15, 0.2) is 78.9 Å². The largest absolute Gasteiger partial charge is 0.497 e. The lowest BCUT2D eigenvalue weighted by Crippen LogP contribution is -2.21. The van der Waals surface area contributed by atoms with Gasteiger partial charge in [-0.05, 0) is 54.1 Å². The number of ether oxygens (including phenoxy) is 2. The van der Waals surface area contributed by atoms with Gasteiger partial charge in [0.25, 0.3) is 0 Å². The van der Waals surface area contributed by atoms with E-state index >= 15 is 0 Å². The van der Waals surface area contributed by atoms with Crippen LogP contribution in [0.5, 0.6) is 11.5 Å². The standard InChI is InChI=1S/C22H22N2O3/c1-26-20-11-7-18(8-12-20)23-15-22(25)24-19-9-13-21(14-10-19)27-16-17-5-3-2-4-6-17/h2-14,23H,15-16H2,1H3,(H,24,25). The van der Waals surface area contributed by atoms with E-state index in [0.717, 1.165) is 28.4 Å². The molecule has 0 aliphatic heterocycles. The summed E-state index contributed by atoms with van der Waals surface area (Å²) in [4.78, 5) is 12.1. The van der Waals surface area contributed by atoms with Gasteiger partial charge in [0.1, 0.15) is 18.1 Å². The molecule has 0 radical (unpaired) electrons. The average Bonchev–Trinajstić information content (AvgIpc) is 2.73. The van der Waals surface area contributed by atoms with Crippen LogP contribution in [0.3, 0.4) is 0 Å². The summed E-state index contributed by atoms with van der Waals surface area (Å²) in [6.07, 6.45) is 0. The Balaban J connectivity index is 1.45. The Kier molecular flexibility index (Phi) is 6.30. The summed E-state index contributed by atoms with van der Waals surface area (Å²) in [6, 6.07) is 24.7. The smallest absolute Gasteiger partial charge is 0.243 e. The third-order valence-corrected chi connectivity index (χ3v) is 3.93. The van der Waals surface area contributed by atoms with Crippen molar-refractivity contribution in [3.05, 3.63) is 84.4 Å². The molecule has 0 bridgehead atoms. The molecule has 0 aromatic heterocycles. The van der Waals surface area contributed by atoms with Crippen molar-refractivity contribution >= 4 is 17.3 Å². The van der Waals surface area contributed by atoms with Crippen molar-refractivity contribution in [1.29, 1.82) is 0 Å². The minimum Gasteiger partial charge on any atom is -0.497 e. The molecule has 27 heavy (non-hydrogen) atoms. The second-order valence-electron chi connectivity index (χ2n) is 5.93. The zero-order valence-corrected chi connectivity index (χ0v) is 15.1. The Labute approximate surface area is 158 Å². The van der Waals surface area contributed by atoms with Crippen molar-refractivity contribution < 1.29 is 14.3 Å². The molecule has 5 heteroatoms. The van der Waals surface area contributed by atoms with Crippen LogP contribution in [0.1, 0.15) is 5.56 Å². The van der Waals surface area contributed by atoms with Crippen molar-refractivity contribution in [2.24, 2.45) is 0 Å². The normalized spacial score (nSPS) is 10.1. The van der Waals surface area contributed by atoms with Gasteiger partial charge in [-0.1, -0.05) is 30.3 Å².